The lowest BCUT2D eigenvalue weighted by molar-refractivity contribution is 0.564. The second-order valence-electron chi connectivity index (χ2n) is 3.60. The lowest BCUT2D eigenvalue weighted by atomic mass is 10.3. The maximum absolute atomic E-state index is 5.81. The van der Waals surface area contributed by atoms with Crippen LogP contribution in [0.2, 0.25) is 5.02 Å². The van der Waals surface area contributed by atoms with Gasteiger partial charge in [-0.2, -0.15) is 4.99 Å². The fourth-order valence-electron chi connectivity index (χ4n) is 1.37. The molecule has 0 amide bonds. The van der Waals surface area contributed by atoms with Crippen LogP contribution in [0, 0.1) is 0 Å². The minimum atomic E-state index is 0.476. The van der Waals surface area contributed by atoms with Gasteiger partial charge in [-0.3, -0.25) is 0 Å². The van der Waals surface area contributed by atoms with Gasteiger partial charge in [0.2, 0.25) is 0 Å². The first-order valence-electron chi connectivity index (χ1n) is 5.14. The van der Waals surface area contributed by atoms with Crippen LogP contribution in [0.15, 0.2) is 29.3 Å². The van der Waals surface area contributed by atoms with Crippen molar-refractivity contribution in [2.45, 2.75) is 0 Å². The monoisotopic (exact) mass is 285 g/mol. The smallest absolute Gasteiger partial charge is 0.199 e. The van der Waals surface area contributed by atoms with E-state index in [1.165, 1.54) is 0 Å². The van der Waals surface area contributed by atoms with E-state index in [2.05, 4.69) is 15.2 Å². The highest BCUT2D eigenvalue weighted by molar-refractivity contribution is 8.14. The number of hydrogen-bond acceptors (Lipinski definition) is 2. The van der Waals surface area contributed by atoms with Crippen LogP contribution in [0.4, 0.5) is 5.69 Å². The van der Waals surface area contributed by atoms with E-state index in [1.54, 1.807) is 11.8 Å². The Balaban J connectivity index is 2.00. The second kappa shape index (κ2) is 5.71. The van der Waals surface area contributed by atoms with Gasteiger partial charge < -0.3 is 10.2 Å². The number of anilines is 1. The first-order valence-corrected chi connectivity index (χ1v) is 6.91. The Labute approximate surface area is 115 Å². The third kappa shape index (κ3) is 3.59. The summed E-state index contributed by atoms with van der Waals surface area (Å²) in [5.74, 6) is 1.07. The molecule has 1 N–H and O–H groups in total. The lowest BCUT2D eigenvalue weighted by Crippen LogP contribution is -2.20. The van der Waals surface area contributed by atoms with Gasteiger partial charge in [-0.1, -0.05) is 23.4 Å². The Morgan fingerprint density at radius 2 is 2.18 bits per heavy atom. The van der Waals surface area contributed by atoms with Gasteiger partial charge in [0.05, 0.1) is 0 Å². The van der Waals surface area contributed by atoms with Crippen LogP contribution in [0.5, 0.6) is 0 Å². The number of benzene rings is 1. The molecule has 6 heteroatoms. The van der Waals surface area contributed by atoms with Crippen LogP contribution in [-0.4, -0.2) is 34.5 Å². The zero-order chi connectivity index (χ0) is 12.3. The molecule has 0 saturated carbocycles. The number of halogens is 1. The predicted octanol–water partition coefficient (Wildman–Crippen LogP) is 3.07. The molecule has 3 nitrogen and oxygen atoms in total. The Morgan fingerprint density at radius 1 is 1.47 bits per heavy atom. The van der Waals surface area contributed by atoms with Gasteiger partial charge in [0.15, 0.2) is 10.3 Å². The maximum atomic E-state index is 5.81. The molecule has 1 aliphatic heterocycles. The molecule has 1 saturated heterocycles. The normalized spacial score (nSPS) is 17.5. The SMILES string of the molecule is CN1CCS/C1=N\C(=S)Nc1ccc(Cl)cc1. The standard InChI is InChI=1S/C11H12ClN3S2/c1-15-6-7-17-11(15)14-10(16)13-9-4-2-8(12)3-5-9/h2-5H,6-7H2,1H3,(H,13,16)/b14-11-. The highest BCUT2D eigenvalue weighted by atomic mass is 35.5. The summed E-state index contributed by atoms with van der Waals surface area (Å²) in [4.78, 5) is 6.47. The van der Waals surface area contributed by atoms with Crippen molar-refractivity contribution in [3.8, 4) is 0 Å². The third-order valence-corrected chi connectivity index (χ3v) is 3.77. The molecule has 1 fully saturated rings. The molecular formula is C11H12ClN3S2. The van der Waals surface area contributed by atoms with Gasteiger partial charge in [-0.15, -0.1) is 0 Å². The second-order valence-corrected chi connectivity index (χ2v) is 5.49. The number of nitrogens with one attached hydrogen (secondary N) is 1. The number of amidine groups is 1. The minimum absolute atomic E-state index is 0.476. The maximum Gasteiger partial charge on any atom is 0.199 e. The Bertz CT molecular complexity index is 445. The minimum Gasteiger partial charge on any atom is -0.353 e. The average Bonchev–Trinajstić information content (AvgIpc) is 2.68. The van der Waals surface area contributed by atoms with E-state index in [4.69, 9.17) is 23.8 Å². The zero-order valence-corrected chi connectivity index (χ0v) is 11.7. The molecule has 17 heavy (non-hydrogen) atoms. The largest absolute Gasteiger partial charge is 0.353 e. The van der Waals surface area contributed by atoms with Crippen molar-refractivity contribution in [2.75, 3.05) is 24.7 Å². The molecule has 0 unspecified atom stereocenters. The predicted molar refractivity (Wildman–Crippen MR) is 80.2 cm³/mol. The van der Waals surface area contributed by atoms with Gasteiger partial charge in [0, 0.05) is 30.1 Å². The molecule has 1 heterocycles. The zero-order valence-electron chi connectivity index (χ0n) is 9.31. The van der Waals surface area contributed by atoms with Gasteiger partial charge in [0.1, 0.15) is 0 Å². The molecule has 0 aliphatic carbocycles. The van der Waals surface area contributed by atoms with E-state index in [9.17, 15) is 0 Å². The quantitative estimate of drug-likeness (QED) is 0.803. The van der Waals surface area contributed by atoms with Gasteiger partial charge in [-0.05, 0) is 36.5 Å². The topological polar surface area (TPSA) is 27.6 Å². The van der Waals surface area contributed by atoms with E-state index >= 15 is 0 Å². The van der Waals surface area contributed by atoms with Crippen molar-refractivity contribution in [3.05, 3.63) is 29.3 Å². The first-order chi connectivity index (χ1) is 8.15. The van der Waals surface area contributed by atoms with Gasteiger partial charge >= 0.3 is 0 Å². The van der Waals surface area contributed by atoms with E-state index in [0.29, 0.717) is 10.1 Å². The molecule has 0 aromatic heterocycles. The summed E-state index contributed by atoms with van der Waals surface area (Å²) in [5, 5.41) is 5.21. The number of thiocarbonyl (C=S) groups is 1. The summed E-state index contributed by atoms with van der Waals surface area (Å²) < 4.78 is 0. The van der Waals surface area contributed by atoms with Crippen molar-refractivity contribution in [2.24, 2.45) is 4.99 Å². The van der Waals surface area contributed by atoms with Crippen molar-refractivity contribution in [1.29, 1.82) is 0 Å². The number of rotatable bonds is 1. The van der Waals surface area contributed by atoms with Gasteiger partial charge in [0.25, 0.3) is 0 Å². The summed E-state index contributed by atoms with van der Waals surface area (Å²) in [6, 6.07) is 7.38. The van der Waals surface area contributed by atoms with Gasteiger partial charge in [-0.25, -0.2) is 0 Å². The van der Waals surface area contributed by atoms with Crippen molar-refractivity contribution >= 4 is 51.5 Å². The first kappa shape index (κ1) is 12.7. The summed E-state index contributed by atoms with van der Waals surface area (Å²) in [6.07, 6.45) is 0. The van der Waals surface area contributed by atoms with Crippen LogP contribution in [-0.2, 0) is 0 Å². The molecule has 1 aromatic rings. The summed E-state index contributed by atoms with van der Waals surface area (Å²) in [7, 11) is 2.02. The molecule has 1 aliphatic rings. The summed E-state index contributed by atoms with van der Waals surface area (Å²) in [6.45, 7) is 1.02. The fourth-order valence-corrected chi connectivity index (χ4v) is 2.77. The van der Waals surface area contributed by atoms with Crippen LogP contribution in [0.3, 0.4) is 0 Å². The molecule has 0 bridgehead atoms. The summed E-state index contributed by atoms with van der Waals surface area (Å²) >= 11 is 12.7. The highest BCUT2D eigenvalue weighted by Crippen LogP contribution is 2.17. The number of nitrogens with zero attached hydrogens (tertiary/aromatic N) is 2. The molecule has 2 rings (SSSR count). The Morgan fingerprint density at radius 3 is 2.76 bits per heavy atom. The Kier molecular flexibility index (Phi) is 4.25. The molecule has 0 spiro atoms. The Hall–Kier alpha value is -0.780. The van der Waals surface area contributed by atoms with Crippen LogP contribution in [0.1, 0.15) is 0 Å². The van der Waals surface area contributed by atoms with Crippen LogP contribution < -0.4 is 5.32 Å². The van der Waals surface area contributed by atoms with Crippen LogP contribution in [0.25, 0.3) is 0 Å². The van der Waals surface area contributed by atoms with E-state index in [-0.39, 0.29) is 0 Å². The van der Waals surface area contributed by atoms with E-state index < -0.39 is 0 Å². The molecule has 1 aromatic carbocycles. The molecule has 0 atom stereocenters. The molecule has 90 valence electrons. The van der Waals surface area contributed by atoms with Crippen LogP contribution >= 0.6 is 35.6 Å². The number of hydrogen-bond donors (Lipinski definition) is 1. The third-order valence-electron chi connectivity index (χ3n) is 2.28. The number of aliphatic imine (C=N–C) groups is 1. The van der Waals surface area contributed by atoms with Crippen molar-refractivity contribution < 1.29 is 0 Å². The number of thioether (sulfide) groups is 1. The van der Waals surface area contributed by atoms with E-state index in [0.717, 1.165) is 23.2 Å². The van der Waals surface area contributed by atoms with Crippen molar-refractivity contribution in [1.82, 2.24) is 4.90 Å². The highest BCUT2D eigenvalue weighted by Gasteiger charge is 2.15. The average molecular weight is 286 g/mol. The summed E-state index contributed by atoms with van der Waals surface area (Å²) in [5.41, 5.74) is 0.898. The van der Waals surface area contributed by atoms with E-state index in [1.807, 2.05) is 31.3 Å². The van der Waals surface area contributed by atoms with Crippen molar-refractivity contribution in [3.63, 3.8) is 0 Å². The molecular weight excluding hydrogens is 274 g/mol. The fraction of sp³-hybridized carbons (Fsp3) is 0.273. The lowest BCUT2D eigenvalue weighted by Gasteiger charge is -2.10. The molecule has 0 radical (unpaired) electrons.